The third-order valence-electron chi connectivity index (χ3n) is 4.70. The van der Waals surface area contributed by atoms with Crippen molar-refractivity contribution in [2.24, 2.45) is 5.92 Å². The molecular weight excluding hydrogens is 360 g/mol. The number of aromatic nitrogens is 1. The average molecular weight is 380 g/mol. The number of carbonyl (C=O) groups excluding carboxylic acids is 2. The molecule has 2 N–H and O–H groups in total. The number of rotatable bonds is 3. The molecule has 3 aromatic rings. The highest BCUT2D eigenvalue weighted by molar-refractivity contribution is 7.14. The maximum Gasteiger partial charge on any atom is 0.322 e. The molecule has 6 nitrogen and oxygen atoms in total. The van der Waals surface area contributed by atoms with Crippen LogP contribution >= 0.6 is 11.3 Å². The van der Waals surface area contributed by atoms with Gasteiger partial charge in [-0.05, 0) is 54.6 Å². The van der Waals surface area contributed by atoms with Crippen LogP contribution in [0.25, 0.3) is 10.9 Å². The lowest BCUT2D eigenvalue weighted by molar-refractivity contribution is -0.121. The number of piperidine rings is 1. The highest BCUT2D eigenvalue weighted by atomic mass is 32.1. The Hall–Kier alpha value is -2.93. The Balaban J connectivity index is 1.39. The predicted molar refractivity (Wildman–Crippen MR) is 108 cm³/mol. The first-order valence-corrected chi connectivity index (χ1v) is 9.82. The van der Waals surface area contributed by atoms with Gasteiger partial charge < -0.3 is 10.2 Å². The van der Waals surface area contributed by atoms with Gasteiger partial charge in [0.05, 0.1) is 16.4 Å². The van der Waals surface area contributed by atoms with Gasteiger partial charge in [0.2, 0.25) is 5.91 Å². The molecule has 1 saturated heterocycles. The number of nitrogens with one attached hydrogen (secondary N) is 2. The van der Waals surface area contributed by atoms with Crippen LogP contribution < -0.4 is 10.6 Å². The summed E-state index contributed by atoms with van der Waals surface area (Å²) in [5.41, 5.74) is 1.64. The molecule has 4 rings (SSSR count). The van der Waals surface area contributed by atoms with Gasteiger partial charge >= 0.3 is 6.03 Å². The summed E-state index contributed by atoms with van der Waals surface area (Å²) >= 11 is 1.48. The zero-order valence-electron chi connectivity index (χ0n) is 14.7. The second-order valence-electron chi connectivity index (χ2n) is 6.59. The molecule has 0 aliphatic carbocycles. The Bertz CT molecular complexity index is 958. The highest BCUT2D eigenvalue weighted by Crippen LogP contribution is 2.22. The van der Waals surface area contributed by atoms with Gasteiger partial charge in [0, 0.05) is 30.4 Å². The number of carbonyl (C=O) groups is 2. The fraction of sp³-hybridized carbons (Fsp3) is 0.250. The lowest BCUT2D eigenvalue weighted by atomic mass is 9.97. The molecule has 1 atom stereocenters. The van der Waals surface area contributed by atoms with Crippen molar-refractivity contribution < 1.29 is 9.59 Å². The van der Waals surface area contributed by atoms with Crippen LogP contribution in [-0.2, 0) is 4.79 Å². The first kappa shape index (κ1) is 17.5. The summed E-state index contributed by atoms with van der Waals surface area (Å²) in [6.45, 7) is 1.10. The maximum absolute atomic E-state index is 12.7. The van der Waals surface area contributed by atoms with Gasteiger partial charge in [-0.3, -0.25) is 15.1 Å². The summed E-state index contributed by atoms with van der Waals surface area (Å²) in [7, 11) is 0. The average Bonchev–Trinajstić information content (AvgIpc) is 3.21. The second-order valence-corrected chi connectivity index (χ2v) is 7.54. The molecule has 138 valence electrons. The third-order valence-corrected chi connectivity index (χ3v) is 5.49. The number of hydrogen-bond donors (Lipinski definition) is 2. The van der Waals surface area contributed by atoms with Crippen molar-refractivity contribution in [2.45, 2.75) is 12.8 Å². The zero-order valence-corrected chi connectivity index (χ0v) is 15.5. The van der Waals surface area contributed by atoms with Crippen LogP contribution in [0.4, 0.5) is 15.5 Å². The fourth-order valence-electron chi connectivity index (χ4n) is 3.31. The zero-order chi connectivity index (χ0) is 18.6. The molecule has 0 spiro atoms. The van der Waals surface area contributed by atoms with Crippen molar-refractivity contribution in [3.63, 3.8) is 0 Å². The van der Waals surface area contributed by atoms with Gasteiger partial charge in [0.1, 0.15) is 0 Å². The van der Waals surface area contributed by atoms with Gasteiger partial charge in [-0.2, -0.15) is 0 Å². The molecule has 3 heterocycles. The van der Waals surface area contributed by atoms with Crippen molar-refractivity contribution in [2.75, 3.05) is 23.7 Å². The van der Waals surface area contributed by atoms with Crippen LogP contribution in [0.3, 0.4) is 0 Å². The summed E-state index contributed by atoms with van der Waals surface area (Å²) < 4.78 is 0. The van der Waals surface area contributed by atoms with E-state index >= 15 is 0 Å². The topological polar surface area (TPSA) is 74.3 Å². The van der Waals surface area contributed by atoms with Crippen molar-refractivity contribution in [3.8, 4) is 0 Å². The van der Waals surface area contributed by atoms with Crippen LogP contribution in [0, 0.1) is 5.92 Å². The monoisotopic (exact) mass is 380 g/mol. The van der Waals surface area contributed by atoms with Gasteiger partial charge in [-0.1, -0.05) is 6.07 Å². The molecule has 1 aromatic carbocycles. The first-order valence-electron chi connectivity index (χ1n) is 8.94. The molecule has 0 bridgehead atoms. The minimum Gasteiger partial charge on any atom is -0.326 e. The molecule has 3 amide bonds. The lowest BCUT2D eigenvalue weighted by Gasteiger charge is -2.31. The molecule has 2 aromatic heterocycles. The van der Waals surface area contributed by atoms with Crippen molar-refractivity contribution in [1.82, 2.24) is 9.88 Å². The summed E-state index contributed by atoms with van der Waals surface area (Å²) in [6, 6.07) is 13.1. The number of amides is 3. The number of thiophene rings is 1. The van der Waals surface area contributed by atoms with Gasteiger partial charge in [0.25, 0.3) is 0 Å². The van der Waals surface area contributed by atoms with Gasteiger partial charge in [-0.25, -0.2) is 4.79 Å². The van der Waals surface area contributed by atoms with E-state index in [0.29, 0.717) is 13.1 Å². The Morgan fingerprint density at radius 1 is 1.15 bits per heavy atom. The highest BCUT2D eigenvalue weighted by Gasteiger charge is 2.28. The minimum absolute atomic E-state index is 0.0492. The Kier molecular flexibility index (Phi) is 5.02. The Morgan fingerprint density at radius 3 is 2.93 bits per heavy atom. The van der Waals surface area contributed by atoms with E-state index in [9.17, 15) is 9.59 Å². The van der Waals surface area contributed by atoms with Crippen LogP contribution in [0.5, 0.6) is 0 Å². The summed E-state index contributed by atoms with van der Waals surface area (Å²) in [5.74, 6) is -0.260. The summed E-state index contributed by atoms with van der Waals surface area (Å²) in [5, 5.41) is 9.59. The van der Waals surface area contributed by atoms with Gasteiger partial charge in [-0.15, -0.1) is 11.3 Å². The Morgan fingerprint density at radius 2 is 2.07 bits per heavy atom. The molecule has 1 unspecified atom stereocenters. The SMILES string of the molecule is O=C(Nc1ccc2ncccc2c1)C1CCCN(C(=O)Nc2cccs2)C1. The number of likely N-dealkylation sites (tertiary alicyclic amines) is 1. The first-order chi connectivity index (χ1) is 13.2. The smallest absolute Gasteiger partial charge is 0.322 e. The number of fused-ring (bicyclic) bond motifs is 1. The third kappa shape index (κ3) is 4.09. The molecule has 1 aliphatic heterocycles. The van der Waals surface area contributed by atoms with Crippen molar-refractivity contribution in [3.05, 3.63) is 54.0 Å². The van der Waals surface area contributed by atoms with E-state index in [1.54, 1.807) is 11.1 Å². The molecule has 0 radical (unpaired) electrons. The van der Waals surface area contributed by atoms with Crippen LogP contribution in [0.15, 0.2) is 54.0 Å². The predicted octanol–water partition coefficient (Wildman–Crippen LogP) is 4.18. The van der Waals surface area contributed by atoms with Crippen LogP contribution in [0.1, 0.15) is 12.8 Å². The van der Waals surface area contributed by atoms with E-state index in [-0.39, 0.29) is 17.9 Å². The van der Waals surface area contributed by atoms with Crippen LogP contribution in [-0.4, -0.2) is 34.9 Å². The number of urea groups is 1. The van der Waals surface area contributed by atoms with E-state index < -0.39 is 0 Å². The molecule has 0 saturated carbocycles. The Labute approximate surface area is 161 Å². The van der Waals surface area contributed by atoms with E-state index in [1.807, 2.05) is 47.8 Å². The van der Waals surface area contributed by atoms with Crippen molar-refractivity contribution >= 4 is 44.9 Å². The van der Waals surface area contributed by atoms with Crippen molar-refractivity contribution in [1.29, 1.82) is 0 Å². The number of nitrogens with zero attached hydrogens (tertiary/aromatic N) is 2. The largest absolute Gasteiger partial charge is 0.326 e. The van der Waals surface area contributed by atoms with E-state index in [4.69, 9.17) is 0 Å². The standard InChI is InChI=1S/C20H20N4O2S/c25-19(22-16-7-8-17-14(12-16)4-1-9-21-17)15-5-2-10-24(13-15)20(26)23-18-6-3-11-27-18/h1,3-4,6-9,11-12,15H,2,5,10,13H2,(H,22,25)(H,23,26). The molecule has 27 heavy (non-hydrogen) atoms. The quantitative estimate of drug-likeness (QED) is 0.716. The normalized spacial score (nSPS) is 16.9. The van der Waals surface area contributed by atoms with E-state index in [2.05, 4.69) is 15.6 Å². The van der Waals surface area contributed by atoms with Crippen LogP contribution in [0.2, 0.25) is 0 Å². The number of benzene rings is 1. The number of pyridine rings is 1. The summed E-state index contributed by atoms with van der Waals surface area (Å²) in [6.07, 6.45) is 3.35. The molecule has 1 fully saturated rings. The van der Waals surface area contributed by atoms with E-state index in [1.165, 1.54) is 11.3 Å². The molecule has 7 heteroatoms. The maximum atomic E-state index is 12.7. The summed E-state index contributed by atoms with van der Waals surface area (Å²) in [4.78, 5) is 31.1. The molecule has 1 aliphatic rings. The van der Waals surface area contributed by atoms with E-state index in [0.717, 1.165) is 34.4 Å². The fourth-order valence-corrected chi connectivity index (χ4v) is 3.91. The second kappa shape index (κ2) is 7.75. The molecular formula is C20H20N4O2S. The number of anilines is 2. The minimum atomic E-state index is -0.211. The lowest BCUT2D eigenvalue weighted by Crippen LogP contribution is -2.45. The van der Waals surface area contributed by atoms with Gasteiger partial charge in [0.15, 0.2) is 0 Å². The number of hydrogen-bond acceptors (Lipinski definition) is 4.